The van der Waals surface area contributed by atoms with E-state index in [-0.39, 0.29) is 34.3 Å². The maximum atomic E-state index is 12.3. The van der Waals surface area contributed by atoms with Gasteiger partial charge in [-0.1, -0.05) is 20.8 Å². The molecule has 2 amide bonds. The van der Waals surface area contributed by atoms with Gasteiger partial charge in [-0.25, -0.2) is 13.1 Å². The number of carbonyl (C=O) groups excluding carboxylic acids is 2. The van der Waals surface area contributed by atoms with Crippen molar-refractivity contribution in [3.8, 4) is 0 Å². The molecule has 8 heteroatoms. The van der Waals surface area contributed by atoms with E-state index >= 15 is 0 Å². The summed E-state index contributed by atoms with van der Waals surface area (Å²) in [5.74, 6) is 0.165. The molecule has 24 heavy (non-hydrogen) atoms. The molecule has 0 aromatic heterocycles. The first kappa shape index (κ1) is 19.0. The molecule has 0 aliphatic carbocycles. The molecular formula is C16H22N2O4S2. The van der Waals surface area contributed by atoms with E-state index in [9.17, 15) is 18.0 Å². The minimum Gasteiger partial charge on any atom is -0.274 e. The molecule has 1 aliphatic rings. The number of anilines is 1. The van der Waals surface area contributed by atoms with Gasteiger partial charge in [-0.2, -0.15) is 11.8 Å². The summed E-state index contributed by atoms with van der Waals surface area (Å²) < 4.78 is 27.1. The quantitative estimate of drug-likeness (QED) is 0.613. The Morgan fingerprint density at radius 1 is 1.08 bits per heavy atom. The van der Waals surface area contributed by atoms with Crippen molar-refractivity contribution in [3.05, 3.63) is 24.3 Å². The van der Waals surface area contributed by atoms with Gasteiger partial charge in [0.2, 0.25) is 21.8 Å². The van der Waals surface area contributed by atoms with Gasteiger partial charge in [0.05, 0.1) is 10.6 Å². The lowest BCUT2D eigenvalue weighted by Gasteiger charge is -2.17. The van der Waals surface area contributed by atoms with Crippen LogP contribution in [0, 0.1) is 0 Å². The minimum atomic E-state index is -3.60. The lowest BCUT2D eigenvalue weighted by atomic mass is 10.3. The number of hydrogen-bond acceptors (Lipinski definition) is 5. The van der Waals surface area contributed by atoms with Crippen LogP contribution in [-0.4, -0.2) is 37.3 Å². The van der Waals surface area contributed by atoms with Gasteiger partial charge in [0.1, 0.15) is 0 Å². The summed E-state index contributed by atoms with van der Waals surface area (Å²) in [5.41, 5.74) is 0.407. The van der Waals surface area contributed by atoms with Gasteiger partial charge in [0.15, 0.2) is 0 Å². The lowest BCUT2D eigenvalue weighted by molar-refractivity contribution is -0.121. The van der Waals surface area contributed by atoms with Gasteiger partial charge in [-0.05, 0) is 24.3 Å². The number of carbonyl (C=O) groups is 2. The summed E-state index contributed by atoms with van der Waals surface area (Å²) in [5, 5.41) is 0. The Labute approximate surface area is 147 Å². The largest absolute Gasteiger partial charge is 0.274 e. The number of imide groups is 1. The Bertz CT molecular complexity index is 705. The van der Waals surface area contributed by atoms with Gasteiger partial charge in [0.25, 0.3) is 0 Å². The molecule has 1 heterocycles. The molecule has 0 radical (unpaired) electrons. The molecule has 0 saturated carbocycles. The standard InChI is InChI=1S/C16H22N2O4S2/c1-16(2,3)23-11-10-17-24(21,22)13-6-4-12(5-7-13)18-14(19)8-9-15(18)20/h4-7,17H,8-11H2,1-3H3. The fourth-order valence-corrected chi connectivity index (χ4v) is 4.23. The van der Waals surface area contributed by atoms with Crippen molar-refractivity contribution in [1.29, 1.82) is 0 Å². The first-order chi connectivity index (χ1) is 11.1. The third-order valence-corrected chi connectivity index (χ3v) is 6.14. The molecule has 0 atom stereocenters. The normalized spacial score (nSPS) is 16.0. The second-order valence-corrected chi connectivity index (χ2v) is 10.2. The molecule has 1 N–H and O–H groups in total. The molecular weight excluding hydrogens is 348 g/mol. The van der Waals surface area contributed by atoms with Crippen LogP contribution in [0.3, 0.4) is 0 Å². The van der Waals surface area contributed by atoms with Gasteiger partial charge in [-0.3, -0.25) is 14.5 Å². The van der Waals surface area contributed by atoms with E-state index in [2.05, 4.69) is 25.5 Å². The van der Waals surface area contributed by atoms with Gasteiger partial charge in [-0.15, -0.1) is 0 Å². The Morgan fingerprint density at radius 2 is 1.62 bits per heavy atom. The number of hydrogen-bond donors (Lipinski definition) is 1. The molecule has 1 aromatic carbocycles. The molecule has 132 valence electrons. The molecule has 0 unspecified atom stereocenters. The third kappa shape index (κ3) is 4.81. The predicted molar refractivity (Wildman–Crippen MR) is 95.6 cm³/mol. The number of amides is 2. The average molecular weight is 370 g/mol. The Morgan fingerprint density at radius 3 is 2.12 bits per heavy atom. The number of rotatable bonds is 6. The van der Waals surface area contributed by atoms with E-state index < -0.39 is 10.0 Å². The van der Waals surface area contributed by atoms with Crippen LogP contribution in [0.2, 0.25) is 0 Å². The predicted octanol–water partition coefficient (Wildman–Crippen LogP) is 2.15. The summed E-state index contributed by atoms with van der Waals surface area (Å²) in [6.07, 6.45) is 0.401. The topological polar surface area (TPSA) is 83.6 Å². The summed E-state index contributed by atoms with van der Waals surface area (Å²) in [6.45, 7) is 6.57. The van der Waals surface area contributed by atoms with Crippen LogP contribution in [0.25, 0.3) is 0 Å². The molecule has 0 spiro atoms. The maximum Gasteiger partial charge on any atom is 0.240 e. The Kier molecular flexibility index (Phi) is 5.72. The molecule has 1 aromatic rings. The zero-order valence-electron chi connectivity index (χ0n) is 14.0. The highest BCUT2D eigenvalue weighted by Crippen LogP contribution is 2.24. The van der Waals surface area contributed by atoms with Crippen LogP contribution in [0.15, 0.2) is 29.2 Å². The van der Waals surface area contributed by atoms with Crippen LogP contribution in [-0.2, 0) is 19.6 Å². The molecule has 1 aliphatic heterocycles. The van der Waals surface area contributed by atoms with E-state index in [4.69, 9.17) is 0 Å². The SMILES string of the molecule is CC(C)(C)SCCNS(=O)(=O)c1ccc(N2C(=O)CCC2=O)cc1. The van der Waals surface area contributed by atoms with E-state index in [0.717, 1.165) is 4.90 Å². The highest BCUT2D eigenvalue weighted by molar-refractivity contribution is 8.00. The second-order valence-electron chi connectivity index (χ2n) is 6.48. The fraction of sp³-hybridized carbons (Fsp3) is 0.500. The zero-order chi connectivity index (χ0) is 18.0. The van der Waals surface area contributed by atoms with Crippen molar-refractivity contribution in [2.75, 3.05) is 17.2 Å². The summed E-state index contributed by atoms with van der Waals surface area (Å²) >= 11 is 1.68. The van der Waals surface area contributed by atoms with Crippen molar-refractivity contribution in [3.63, 3.8) is 0 Å². The second kappa shape index (κ2) is 7.25. The summed E-state index contributed by atoms with van der Waals surface area (Å²) in [4.78, 5) is 24.6. The van der Waals surface area contributed by atoms with E-state index in [1.165, 1.54) is 24.3 Å². The van der Waals surface area contributed by atoms with Gasteiger partial charge >= 0.3 is 0 Å². The van der Waals surface area contributed by atoms with Crippen molar-refractivity contribution < 1.29 is 18.0 Å². The first-order valence-electron chi connectivity index (χ1n) is 7.70. The van der Waals surface area contributed by atoms with Gasteiger partial charge < -0.3 is 0 Å². The minimum absolute atomic E-state index is 0.0852. The maximum absolute atomic E-state index is 12.3. The number of nitrogens with one attached hydrogen (secondary N) is 1. The Hall–Kier alpha value is -1.38. The summed E-state index contributed by atoms with van der Waals surface area (Å²) in [7, 11) is -3.60. The number of nitrogens with zero attached hydrogens (tertiary/aromatic N) is 1. The molecule has 6 nitrogen and oxygen atoms in total. The highest BCUT2D eigenvalue weighted by Gasteiger charge is 2.30. The smallest absolute Gasteiger partial charge is 0.240 e. The van der Waals surface area contributed by atoms with Crippen molar-refractivity contribution in [2.45, 2.75) is 43.3 Å². The molecule has 2 rings (SSSR count). The molecule has 0 bridgehead atoms. The monoisotopic (exact) mass is 370 g/mol. The summed E-state index contributed by atoms with van der Waals surface area (Å²) in [6, 6.07) is 5.79. The number of benzene rings is 1. The average Bonchev–Trinajstić information content (AvgIpc) is 2.82. The van der Waals surface area contributed by atoms with Crippen LogP contribution in [0.1, 0.15) is 33.6 Å². The number of sulfonamides is 1. The Balaban J connectivity index is 2.01. The van der Waals surface area contributed by atoms with Crippen LogP contribution in [0.4, 0.5) is 5.69 Å². The lowest BCUT2D eigenvalue weighted by Crippen LogP contribution is -2.29. The zero-order valence-corrected chi connectivity index (χ0v) is 15.7. The number of thioether (sulfide) groups is 1. The highest BCUT2D eigenvalue weighted by atomic mass is 32.2. The fourth-order valence-electron chi connectivity index (χ4n) is 2.26. The van der Waals surface area contributed by atoms with E-state index in [1.807, 2.05) is 0 Å². The van der Waals surface area contributed by atoms with Gasteiger partial charge in [0, 0.05) is 29.9 Å². The van der Waals surface area contributed by atoms with Crippen molar-refractivity contribution in [1.82, 2.24) is 4.72 Å². The van der Waals surface area contributed by atoms with E-state index in [0.29, 0.717) is 18.0 Å². The van der Waals surface area contributed by atoms with Crippen LogP contribution < -0.4 is 9.62 Å². The third-order valence-electron chi connectivity index (χ3n) is 3.39. The first-order valence-corrected chi connectivity index (χ1v) is 10.2. The van der Waals surface area contributed by atoms with Crippen molar-refractivity contribution >= 4 is 39.3 Å². The van der Waals surface area contributed by atoms with Crippen molar-refractivity contribution in [2.24, 2.45) is 0 Å². The van der Waals surface area contributed by atoms with E-state index in [1.54, 1.807) is 11.8 Å². The molecule has 1 saturated heterocycles. The molecule has 1 fully saturated rings. The van der Waals surface area contributed by atoms with Crippen LogP contribution >= 0.6 is 11.8 Å². The van der Waals surface area contributed by atoms with Crippen LogP contribution in [0.5, 0.6) is 0 Å².